The molecular weight excluding hydrogens is 396 g/mol. The number of hydrogen-bond donors (Lipinski definition) is 2. The summed E-state index contributed by atoms with van der Waals surface area (Å²) in [4.78, 5) is 26.8. The molecule has 2 aliphatic rings. The third kappa shape index (κ3) is 4.56. The summed E-state index contributed by atoms with van der Waals surface area (Å²) in [5.74, 6) is -0.236. The Morgan fingerprint density at radius 3 is 2.90 bits per heavy atom. The first-order valence-corrected chi connectivity index (χ1v) is 10.9. The molecule has 31 heavy (non-hydrogen) atoms. The zero-order valence-electron chi connectivity index (χ0n) is 18.4. The molecule has 0 spiro atoms. The van der Waals surface area contributed by atoms with E-state index in [2.05, 4.69) is 20.9 Å². The number of fused-ring (bicyclic) bond motifs is 1. The molecule has 0 unspecified atom stereocenters. The molecule has 166 valence electrons. The molecule has 1 fully saturated rings. The Kier molecular flexibility index (Phi) is 6.22. The quantitative estimate of drug-likeness (QED) is 0.761. The van der Waals surface area contributed by atoms with Crippen LogP contribution in [-0.4, -0.2) is 63.7 Å². The number of amides is 3. The van der Waals surface area contributed by atoms with Crippen molar-refractivity contribution >= 4 is 11.9 Å². The molecule has 9 nitrogen and oxygen atoms in total. The molecule has 1 atom stereocenters. The van der Waals surface area contributed by atoms with Crippen LogP contribution in [0.2, 0.25) is 0 Å². The van der Waals surface area contributed by atoms with Crippen LogP contribution in [0.5, 0.6) is 0 Å². The molecule has 0 radical (unpaired) electrons. The van der Waals surface area contributed by atoms with Crippen LogP contribution >= 0.6 is 0 Å². The maximum Gasteiger partial charge on any atom is 0.317 e. The Morgan fingerprint density at radius 2 is 2.16 bits per heavy atom. The van der Waals surface area contributed by atoms with E-state index < -0.39 is 0 Å². The van der Waals surface area contributed by atoms with E-state index in [9.17, 15) is 9.59 Å². The van der Waals surface area contributed by atoms with E-state index in [1.807, 2.05) is 43.9 Å². The van der Waals surface area contributed by atoms with E-state index in [0.717, 1.165) is 42.7 Å². The summed E-state index contributed by atoms with van der Waals surface area (Å²) in [6.45, 7) is 8.18. The fourth-order valence-electron chi connectivity index (χ4n) is 4.16. The van der Waals surface area contributed by atoms with Gasteiger partial charge in [0.1, 0.15) is 0 Å². The molecule has 0 aliphatic carbocycles. The summed E-state index contributed by atoms with van der Waals surface area (Å²) in [6, 6.07) is 6.03. The Labute approximate surface area is 182 Å². The first-order valence-electron chi connectivity index (χ1n) is 10.9. The number of urea groups is 1. The van der Waals surface area contributed by atoms with Gasteiger partial charge in [0.05, 0.1) is 17.5 Å². The molecule has 0 bridgehead atoms. The minimum Gasteiger partial charge on any atom is -0.376 e. The van der Waals surface area contributed by atoms with Gasteiger partial charge in [-0.05, 0) is 57.2 Å². The van der Waals surface area contributed by atoms with Crippen molar-refractivity contribution < 1.29 is 14.3 Å². The van der Waals surface area contributed by atoms with Crippen LogP contribution in [0, 0.1) is 6.92 Å². The van der Waals surface area contributed by atoms with Gasteiger partial charge in [0.25, 0.3) is 5.91 Å². The molecule has 1 aromatic heterocycles. The molecule has 0 saturated carbocycles. The maximum atomic E-state index is 12.6. The number of ether oxygens (including phenoxy) is 1. The smallest absolute Gasteiger partial charge is 0.317 e. The number of carbonyl (C=O) groups is 2. The van der Waals surface area contributed by atoms with Crippen molar-refractivity contribution in [3.8, 4) is 5.69 Å². The predicted octanol–water partition coefficient (Wildman–Crippen LogP) is 1.96. The minimum absolute atomic E-state index is 0.0480. The summed E-state index contributed by atoms with van der Waals surface area (Å²) in [7, 11) is 0. The molecule has 2 N–H and O–H groups in total. The average molecular weight is 427 g/mol. The van der Waals surface area contributed by atoms with Crippen molar-refractivity contribution in [1.82, 2.24) is 30.5 Å². The highest BCUT2D eigenvalue weighted by atomic mass is 16.5. The number of nitrogens with one attached hydrogen (secondary N) is 2. The van der Waals surface area contributed by atoms with Gasteiger partial charge < -0.3 is 20.3 Å². The Bertz CT molecular complexity index is 964. The van der Waals surface area contributed by atoms with E-state index in [1.165, 1.54) is 0 Å². The number of nitrogens with zero attached hydrogens (tertiary/aromatic N) is 4. The lowest BCUT2D eigenvalue weighted by molar-refractivity contribution is 0.0853. The van der Waals surface area contributed by atoms with Gasteiger partial charge in [-0.15, -0.1) is 5.10 Å². The highest BCUT2D eigenvalue weighted by molar-refractivity contribution is 5.93. The zero-order valence-corrected chi connectivity index (χ0v) is 18.4. The lowest BCUT2D eigenvalue weighted by atomic mass is 9.98. The third-order valence-corrected chi connectivity index (χ3v) is 5.79. The zero-order chi connectivity index (χ0) is 22.0. The molecular formula is C22H30N6O3. The molecule has 4 rings (SSSR count). The first kappa shape index (κ1) is 21.3. The van der Waals surface area contributed by atoms with E-state index in [0.29, 0.717) is 31.0 Å². The second-order valence-electron chi connectivity index (χ2n) is 8.47. The first-order chi connectivity index (χ1) is 14.9. The summed E-state index contributed by atoms with van der Waals surface area (Å²) in [5.41, 5.74) is 4.14. The van der Waals surface area contributed by atoms with Gasteiger partial charge in [0.2, 0.25) is 0 Å². The van der Waals surface area contributed by atoms with E-state index in [-0.39, 0.29) is 24.1 Å². The summed E-state index contributed by atoms with van der Waals surface area (Å²) >= 11 is 0. The highest BCUT2D eigenvalue weighted by Crippen LogP contribution is 2.26. The molecule has 1 saturated heterocycles. The molecule has 3 amide bonds. The van der Waals surface area contributed by atoms with Gasteiger partial charge in [-0.3, -0.25) is 4.79 Å². The van der Waals surface area contributed by atoms with Crippen LogP contribution in [-0.2, 0) is 17.7 Å². The van der Waals surface area contributed by atoms with Crippen molar-refractivity contribution in [2.24, 2.45) is 0 Å². The van der Waals surface area contributed by atoms with E-state index in [4.69, 9.17) is 4.74 Å². The summed E-state index contributed by atoms with van der Waals surface area (Å²) < 4.78 is 7.29. The van der Waals surface area contributed by atoms with Gasteiger partial charge in [-0.1, -0.05) is 17.3 Å². The SMILES string of the molecule is Cc1c(C(=O)NC[C@H]2CCCO2)nnn1-c1cccc2c1CCN(C(=O)NC(C)C)C2. The Hall–Kier alpha value is -2.94. The number of carbonyl (C=O) groups excluding carboxylic acids is 2. The van der Waals surface area contributed by atoms with Crippen LogP contribution in [0.4, 0.5) is 4.79 Å². The minimum atomic E-state index is -0.236. The normalized spacial score (nSPS) is 18.2. The van der Waals surface area contributed by atoms with Gasteiger partial charge >= 0.3 is 6.03 Å². The second kappa shape index (κ2) is 9.05. The predicted molar refractivity (Wildman–Crippen MR) is 115 cm³/mol. The Balaban J connectivity index is 1.51. The highest BCUT2D eigenvalue weighted by Gasteiger charge is 2.26. The van der Waals surface area contributed by atoms with Crippen molar-refractivity contribution in [3.63, 3.8) is 0 Å². The van der Waals surface area contributed by atoms with Crippen molar-refractivity contribution in [2.45, 2.75) is 58.7 Å². The fourth-order valence-corrected chi connectivity index (χ4v) is 4.16. The van der Waals surface area contributed by atoms with Gasteiger partial charge in [0, 0.05) is 32.3 Å². The second-order valence-corrected chi connectivity index (χ2v) is 8.47. The van der Waals surface area contributed by atoms with E-state index in [1.54, 1.807) is 4.68 Å². The molecule has 9 heteroatoms. The van der Waals surface area contributed by atoms with Gasteiger partial charge in [-0.25, -0.2) is 9.48 Å². The molecule has 1 aromatic carbocycles. The topological polar surface area (TPSA) is 101 Å². The molecule has 2 aliphatic heterocycles. The summed E-state index contributed by atoms with van der Waals surface area (Å²) in [6.07, 6.45) is 2.80. The van der Waals surface area contributed by atoms with Crippen LogP contribution in [0.1, 0.15) is 54.0 Å². The number of benzene rings is 1. The third-order valence-electron chi connectivity index (χ3n) is 5.79. The largest absolute Gasteiger partial charge is 0.376 e. The lowest BCUT2D eigenvalue weighted by Crippen LogP contribution is -2.45. The monoisotopic (exact) mass is 426 g/mol. The number of aromatic nitrogens is 3. The van der Waals surface area contributed by atoms with Crippen molar-refractivity contribution in [2.75, 3.05) is 19.7 Å². The van der Waals surface area contributed by atoms with Crippen LogP contribution in [0.3, 0.4) is 0 Å². The van der Waals surface area contributed by atoms with Gasteiger partial charge in [0.15, 0.2) is 5.69 Å². The maximum absolute atomic E-state index is 12.6. The van der Waals surface area contributed by atoms with E-state index >= 15 is 0 Å². The standard InChI is InChI=1S/C22H30N6O3/c1-14(2)24-22(30)27-10-9-18-16(13-27)6-4-8-19(18)28-15(3)20(25-26-28)21(29)23-12-17-7-5-11-31-17/h4,6,8,14,17H,5,7,9-13H2,1-3H3,(H,23,29)(H,24,30)/t17-/m1/s1. The fraction of sp³-hybridized carbons (Fsp3) is 0.545. The van der Waals surface area contributed by atoms with Crippen molar-refractivity contribution in [3.05, 3.63) is 40.7 Å². The summed E-state index contributed by atoms with van der Waals surface area (Å²) in [5, 5.41) is 14.3. The van der Waals surface area contributed by atoms with Gasteiger partial charge in [-0.2, -0.15) is 0 Å². The van der Waals surface area contributed by atoms with Crippen molar-refractivity contribution in [1.29, 1.82) is 0 Å². The Morgan fingerprint density at radius 1 is 1.32 bits per heavy atom. The number of rotatable bonds is 5. The molecule has 2 aromatic rings. The average Bonchev–Trinajstić information content (AvgIpc) is 3.40. The van der Waals surface area contributed by atoms with Crippen LogP contribution < -0.4 is 10.6 Å². The molecule has 3 heterocycles. The lowest BCUT2D eigenvalue weighted by Gasteiger charge is -2.30. The van der Waals surface area contributed by atoms with Crippen LogP contribution in [0.25, 0.3) is 5.69 Å². The van der Waals surface area contributed by atoms with Crippen LogP contribution in [0.15, 0.2) is 18.2 Å². The number of hydrogen-bond acceptors (Lipinski definition) is 5.